The summed E-state index contributed by atoms with van der Waals surface area (Å²) in [7, 11) is 0. The van der Waals surface area contributed by atoms with Gasteiger partial charge in [-0.25, -0.2) is 9.18 Å². The standard InChI is InChI=1S/C22H19ClFN3O5/c1-2-31-22(30)21-18(11-20(29)27(26-21)17-6-4-3-5-16(17)23)32-13-19(28)25-12-14-7-9-15(24)10-8-14/h3-11H,2,12-13H2,1H3,(H,25,28). The van der Waals surface area contributed by atoms with E-state index in [0.29, 0.717) is 5.56 Å². The van der Waals surface area contributed by atoms with Crippen molar-refractivity contribution in [3.05, 3.63) is 87.0 Å². The number of halogens is 2. The molecule has 0 saturated heterocycles. The molecule has 1 N–H and O–H groups in total. The van der Waals surface area contributed by atoms with Crippen LogP contribution < -0.4 is 15.6 Å². The number of ether oxygens (including phenoxy) is 2. The number of nitrogens with one attached hydrogen (secondary N) is 1. The van der Waals surface area contributed by atoms with Crippen molar-refractivity contribution in [1.82, 2.24) is 15.1 Å². The fourth-order valence-electron chi connectivity index (χ4n) is 2.68. The predicted octanol–water partition coefficient (Wildman–Crippen LogP) is 2.90. The van der Waals surface area contributed by atoms with E-state index in [2.05, 4.69) is 10.4 Å². The average molecular weight is 460 g/mol. The van der Waals surface area contributed by atoms with Crippen molar-refractivity contribution in [3.8, 4) is 11.4 Å². The zero-order chi connectivity index (χ0) is 23.1. The van der Waals surface area contributed by atoms with E-state index in [1.807, 2.05) is 0 Å². The molecule has 0 atom stereocenters. The zero-order valence-electron chi connectivity index (χ0n) is 17.0. The maximum atomic E-state index is 13.0. The lowest BCUT2D eigenvalue weighted by Gasteiger charge is -2.13. The van der Waals surface area contributed by atoms with Crippen LogP contribution in [0.15, 0.2) is 59.4 Å². The Morgan fingerprint density at radius 1 is 1.16 bits per heavy atom. The van der Waals surface area contributed by atoms with Gasteiger partial charge in [-0.2, -0.15) is 9.78 Å². The Morgan fingerprint density at radius 3 is 2.56 bits per heavy atom. The van der Waals surface area contributed by atoms with Crippen LogP contribution >= 0.6 is 11.6 Å². The van der Waals surface area contributed by atoms with E-state index in [4.69, 9.17) is 21.1 Å². The molecule has 0 aliphatic heterocycles. The number of aromatic nitrogens is 2. The molecular formula is C22H19ClFN3O5. The van der Waals surface area contributed by atoms with Crippen LogP contribution in [-0.4, -0.2) is 34.9 Å². The number of carbonyl (C=O) groups is 2. The Balaban J connectivity index is 1.78. The smallest absolute Gasteiger partial charge is 0.362 e. The van der Waals surface area contributed by atoms with Gasteiger partial charge in [0.15, 0.2) is 12.4 Å². The van der Waals surface area contributed by atoms with Crippen LogP contribution in [0.4, 0.5) is 4.39 Å². The first-order valence-corrected chi connectivity index (χ1v) is 9.97. The van der Waals surface area contributed by atoms with Crippen LogP contribution in [-0.2, 0) is 16.1 Å². The van der Waals surface area contributed by atoms with E-state index in [-0.39, 0.29) is 41.1 Å². The molecule has 1 heterocycles. The van der Waals surface area contributed by atoms with Gasteiger partial charge in [0, 0.05) is 6.54 Å². The topological polar surface area (TPSA) is 99.5 Å². The molecule has 1 amide bonds. The summed E-state index contributed by atoms with van der Waals surface area (Å²) in [6.45, 7) is 1.36. The summed E-state index contributed by atoms with van der Waals surface area (Å²) in [5.74, 6) is -1.92. The van der Waals surface area contributed by atoms with Gasteiger partial charge in [0.2, 0.25) is 5.69 Å². The molecule has 3 rings (SSSR count). The maximum Gasteiger partial charge on any atom is 0.362 e. The Kier molecular flexibility index (Phi) is 7.56. The number of hydrogen-bond donors (Lipinski definition) is 1. The Morgan fingerprint density at radius 2 is 1.88 bits per heavy atom. The van der Waals surface area contributed by atoms with Gasteiger partial charge in [-0.05, 0) is 36.8 Å². The Labute approximate surface area is 187 Å². The zero-order valence-corrected chi connectivity index (χ0v) is 17.8. The number of nitrogens with zero attached hydrogens (tertiary/aromatic N) is 2. The quantitative estimate of drug-likeness (QED) is 0.520. The normalized spacial score (nSPS) is 10.5. The highest BCUT2D eigenvalue weighted by Gasteiger charge is 2.21. The van der Waals surface area contributed by atoms with Crippen molar-refractivity contribution in [2.75, 3.05) is 13.2 Å². The third-order valence-electron chi connectivity index (χ3n) is 4.21. The summed E-state index contributed by atoms with van der Waals surface area (Å²) in [6, 6.07) is 13.2. The lowest BCUT2D eigenvalue weighted by atomic mass is 10.2. The number of hydrogen-bond acceptors (Lipinski definition) is 6. The lowest BCUT2D eigenvalue weighted by molar-refractivity contribution is -0.123. The molecule has 10 heteroatoms. The molecule has 32 heavy (non-hydrogen) atoms. The van der Waals surface area contributed by atoms with E-state index in [1.165, 1.54) is 24.3 Å². The second kappa shape index (κ2) is 10.5. The van der Waals surface area contributed by atoms with Crippen molar-refractivity contribution in [3.63, 3.8) is 0 Å². The van der Waals surface area contributed by atoms with Crippen LogP contribution in [0.5, 0.6) is 5.75 Å². The van der Waals surface area contributed by atoms with Crippen molar-refractivity contribution in [2.24, 2.45) is 0 Å². The van der Waals surface area contributed by atoms with Gasteiger partial charge in [-0.1, -0.05) is 35.9 Å². The van der Waals surface area contributed by atoms with Gasteiger partial charge in [0.1, 0.15) is 5.82 Å². The molecule has 166 valence electrons. The SMILES string of the molecule is CCOC(=O)c1nn(-c2ccccc2Cl)c(=O)cc1OCC(=O)NCc1ccc(F)cc1. The summed E-state index contributed by atoms with van der Waals surface area (Å²) in [5, 5.41) is 6.91. The van der Waals surface area contributed by atoms with Crippen molar-refractivity contribution >= 4 is 23.5 Å². The first-order valence-electron chi connectivity index (χ1n) is 9.59. The highest BCUT2D eigenvalue weighted by atomic mass is 35.5. The predicted molar refractivity (Wildman–Crippen MR) is 115 cm³/mol. The number of amides is 1. The fraction of sp³-hybridized carbons (Fsp3) is 0.182. The summed E-state index contributed by atoms with van der Waals surface area (Å²) in [6.07, 6.45) is 0. The largest absolute Gasteiger partial charge is 0.481 e. The molecule has 0 radical (unpaired) electrons. The van der Waals surface area contributed by atoms with Gasteiger partial charge < -0.3 is 14.8 Å². The third kappa shape index (κ3) is 5.70. The molecule has 1 aromatic heterocycles. The van der Waals surface area contributed by atoms with Crippen molar-refractivity contribution in [1.29, 1.82) is 0 Å². The fourth-order valence-corrected chi connectivity index (χ4v) is 2.90. The van der Waals surface area contributed by atoms with Crippen molar-refractivity contribution < 1.29 is 23.5 Å². The third-order valence-corrected chi connectivity index (χ3v) is 4.53. The first kappa shape index (κ1) is 23.0. The first-order chi connectivity index (χ1) is 15.4. The summed E-state index contributed by atoms with van der Waals surface area (Å²) in [5.41, 5.74) is 0.0647. The number of carbonyl (C=O) groups excluding carboxylic acids is 2. The second-order valence-corrected chi connectivity index (χ2v) is 6.88. The maximum absolute atomic E-state index is 13.0. The molecule has 0 aliphatic rings. The van der Waals surface area contributed by atoms with Gasteiger partial charge in [0.25, 0.3) is 11.5 Å². The van der Waals surface area contributed by atoms with Crippen LogP contribution in [0.25, 0.3) is 5.69 Å². The second-order valence-electron chi connectivity index (χ2n) is 6.47. The average Bonchev–Trinajstić information content (AvgIpc) is 2.78. The van der Waals surface area contributed by atoms with Gasteiger partial charge in [0.05, 0.1) is 23.4 Å². The minimum atomic E-state index is -0.824. The molecule has 2 aromatic carbocycles. The lowest BCUT2D eigenvalue weighted by Crippen LogP contribution is -2.30. The van der Waals surface area contributed by atoms with E-state index < -0.39 is 24.0 Å². The monoisotopic (exact) mass is 459 g/mol. The van der Waals surface area contributed by atoms with Gasteiger partial charge in [-0.3, -0.25) is 9.59 Å². The van der Waals surface area contributed by atoms with E-state index in [9.17, 15) is 18.8 Å². The van der Waals surface area contributed by atoms with Gasteiger partial charge in [-0.15, -0.1) is 0 Å². The highest BCUT2D eigenvalue weighted by Crippen LogP contribution is 2.20. The van der Waals surface area contributed by atoms with E-state index >= 15 is 0 Å². The summed E-state index contributed by atoms with van der Waals surface area (Å²) < 4.78 is 24.3. The number of rotatable bonds is 8. The number of esters is 1. The highest BCUT2D eigenvalue weighted by molar-refractivity contribution is 6.32. The minimum Gasteiger partial charge on any atom is -0.481 e. The molecule has 0 spiro atoms. The molecule has 0 fully saturated rings. The van der Waals surface area contributed by atoms with E-state index in [1.54, 1.807) is 31.2 Å². The van der Waals surface area contributed by atoms with Gasteiger partial charge >= 0.3 is 5.97 Å². The molecule has 0 saturated carbocycles. The Bertz CT molecular complexity index is 1180. The molecular weight excluding hydrogens is 441 g/mol. The number of para-hydroxylation sites is 1. The Hall–Kier alpha value is -3.72. The van der Waals surface area contributed by atoms with Crippen LogP contribution in [0.3, 0.4) is 0 Å². The molecule has 0 bridgehead atoms. The molecule has 0 unspecified atom stereocenters. The van der Waals surface area contributed by atoms with E-state index in [0.717, 1.165) is 10.7 Å². The van der Waals surface area contributed by atoms with Crippen LogP contribution in [0.1, 0.15) is 23.0 Å². The van der Waals surface area contributed by atoms with Crippen LogP contribution in [0.2, 0.25) is 5.02 Å². The van der Waals surface area contributed by atoms with Crippen LogP contribution in [0, 0.1) is 5.82 Å². The molecule has 0 aliphatic carbocycles. The molecule has 8 nitrogen and oxygen atoms in total. The summed E-state index contributed by atoms with van der Waals surface area (Å²) >= 11 is 6.14. The summed E-state index contributed by atoms with van der Waals surface area (Å²) in [4.78, 5) is 37.1. The number of benzene rings is 2. The van der Waals surface area contributed by atoms with Crippen molar-refractivity contribution in [2.45, 2.75) is 13.5 Å². The molecule has 3 aromatic rings. The minimum absolute atomic E-state index is 0.0727.